The van der Waals surface area contributed by atoms with Crippen LogP contribution in [0.4, 0.5) is 0 Å². The Hall–Kier alpha value is -2.69. The van der Waals surface area contributed by atoms with Crippen molar-refractivity contribution < 1.29 is 19.0 Å². The van der Waals surface area contributed by atoms with Crippen LogP contribution in [0.3, 0.4) is 0 Å². The van der Waals surface area contributed by atoms with Gasteiger partial charge >= 0.3 is 0 Å². The van der Waals surface area contributed by atoms with Crippen molar-refractivity contribution in [1.29, 1.82) is 0 Å². The second-order valence-electron chi connectivity index (χ2n) is 5.83. The minimum absolute atomic E-state index is 0.153. The van der Waals surface area contributed by atoms with Crippen molar-refractivity contribution in [3.8, 4) is 17.2 Å². The normalized spacial score (nSPS) is 11.5. The molecule has 0 aliphatic heterocycles. The minimum Gasteiger partial charge on any atom is -0.497 e. The van der Waals surface area contributed by atoms with Gasteiger partial charge in [-0.05, 0) is 42.7 Å². The average molecular weight is 357 g/mol. The van der Waals surface area contributed by atoms with E-state index in [1.54, 1.807) is 13.2 Å². The molecule has 0 saturated carbocycles. The number of benzene rings is 2. The van der Waals surface area contributed by atoms with Crippen LogP contribution in [-0.4, -0.2) is 32.3 Å². The molecule has 140 valence electrons. The second-order valence-corrected chi connectivity index (χ2v) is 5.83. The predicted octanol–water partition coefficient (Wildman–Crippen LogP) is 3.61. The Morgan fingerprint density at radius 1 is 1.04 bits per heavy atom. The van der Waals surface area contributed by atoms with Gasteiger partial charge in [0.05, 0.1) is 13.7 Å². The molecule has 1 N–H and O–H groups in total. The van der Waals surface area contributed by atoms with Crippen molar-refractivity contribution >= 4 is 5.91 Å². The highest BCUT2D eigenvalue weighted by molar-refractivity contribution is 5.81. The summed E-state index contributed by atoms with van der Waals surface area (Å²) in [4.78, 5) is 12.3. The van der Waals surface area contributed by atoms with Crippen molar-refractivity contribution in [2.75, 3.05) is 20.3 Å². The Bertz CT molecular complexity index is 685. The molecule has 0 bridgehead atoms. The van der Waals surface area contributed by atoms with Crippen LogP contribution in [0.25, 0.3) is 0 Å². The van der Waals surface area contributed by atoms with E-state index in [1.807, 2.05) is 49.4 Å². The fraction of sp³-hybridized carbons (Fsp3) is 0.381. The van der Waals surface area contributed by atoms with Crippen LogP contribution < -0.4 is 19.5 Å². The first kappa shape index (κ1) is 19.6. The quantitative estimate of drug-likeness (QED) is 0.660. The highest BCUT2D eigenvalue weighted by Gasteiger charge is 2.18. The largest absolute Gasteiger partial charge is 0.497 e. The zero-order chi connectivity index (χ0) is 18.8. The Morgan fingerprint density at radius 3 is 2.42 bits per heavy atom. The van der Waals surface area contributed by atoms with Crippen LogP contribution in [0.5, 0.6) is 17.2 Å². The molecule has 2 aromatic rings. The van der Waals surface area contributed by atoms with Crippen LogP contribution in [0.1, 0.15) is 25.8 Å². The van der Waals surface area contributed by atoms with E-state index < -0.39 is 6.10 Å². The lowest BCUT2D eigenvalue weighted by atomic mass is 10.2. The summed E-state index contributed by atoms with van der Waals surface area (Å²) in [6.45, 7) is 4.86. The SMILES string of the molecule is CCc1ccc(OCCNC(=O)[C@@H](CC)Oc2cccc(OC)c2)cc1. The molecule has 0 aliphatic carbocycles. The smallest absolute Gasteiger partial charge is 0.261 e. The number of methoxy groups -OCH3 is 1. The van der Waals surface area contributed by atoms with Crippen molar-refractivity contribution in [1.82, 2.24) is 5.32 Å². The van der Waals surface area contributed by atoms with Gasteiger partial charge in [-0.15, -0.1) is 0 Å². The van der Waals surface area contributed by atoms with Gasteiger partial charge in [-0.3, -0.25) is 4.79 Å². The van der Waals surface area contributed by atoms with Gasteiger partial charge in [0.2, 0.25) is 0 Å². The monoisotopic (exact) mass is 357 g/mol. The third-order valence-electron chi connectivity index (χ3n) is 3.98. The molecule has 0 radical (unpaired) electrons. The van der Waals surface area contributed by atoms with E-state index in [1.165, 1.54) is 5.56 Å². The summed E-state index contributed by atoms with van der Waals surface area (Å²) >= 11 is 0. The fourth-order valence-electron chi connectivity index (χ4n) is 2.44. The summed E-state index contributed by atoms with van der Waals surface area (Å²) in [5, 5.41) is 2.86. The van der Waals surface area contributed by atoms with Gasteiger partial charge in [-0.2, -0.15) is 0 Å². The maximum atomic E-state index is 12.3. The van der Waals surface area contributed by atoms with E-state index in [-0.39, 0.29) is 5.91 Å². The number of carbonyl (C=O) groups is 1. The molecular formula is C21H27NO4. The molecule has 0 aliphatic rings. The number of aryl methyl sites for hydroxylation is 1. The van der Waals surface area contributed by atoms with Gasteiger partial charge < -0.3 is 19.5 Å². The maximum absolute atomic E-state index is 12.3. The molecule has 0 spiro atoms. The summed E-state index contributed by atoms with van der Waals surface area (Å²) in [6, 6.07) is 15.2. The molecular weight excluding hydrogens is 330 g/mol. The molecule has 5 heteroatoms. The van der Waals surface area contributed by atoms with E-state index in [2.05, 4.69) is 12.2 Å². The van der Waals surface area contributed by atoms with Crippen LogP contribution in [0.15, 0.2) is 48.5 Å². The highest BCUT2D eigenvalue weighted by Crippen LogP contribution is 2.20. The third kappa shape index (κ3) is 5.99. The zero-order valence-electron chi connectivity index (χ0n) is 15.7. The molecule has 2 aromatic carbocycles. The number of ether oxygens (including phenoxy) is 3. The first-order chi connectivity index (χ1) is 12.7. The Balaban J connectivity index is 1.77. The maximum Gasteiger partial charge on any atom is 0.261 e. The van der Waals surface area contributed by atoms with E-state index in [0.717, 1.165) is 12.2 Å². The van der Waals surface area contributed by atoms with Gasteiger partial charge in [0.1, 0.15) is 23.9 Å². The first-order valence-electron chi connectivity index (χ1n) is 8.96. The van der Waals surface area contributed by atoms with E-state index in [0.29, 0.717) is 31.1 Å². The summed E-state index contributed by atoms with van der Waals surface area (Å²) in [7, 11) is 1.60. The molecule has 2 rings (SSSR count). The molecule has 1 amide bonds. The number of carbonyl (C=O) groups excluding carboxylic acids is 1. The standard InChI is InChI=1S/C21H27NO4/c1-4-16-9-11-17(12-10-16)25-14-13-22-21(23)20(5-2)26-19-8-6-7-18(15-19)24-3/h6-12,15,20H,4-5,13-14H2,1-3H3,(H,22,23)/t20-/m1/s1. The summed E-state index contributed by atoms with van der Waals surface area (Å²) < 4.78 is 16.6. The topological polar surface area (TPSA) is 56.8 Å². The van der Waals surface area contributed by atoms with Gasteiger partial charge in [-0.25, -0.2) is 0 Å². The Labute approximate surface area is 155 Å². The highest BCUT2D eigenvalue weighted by atomic mass is 16.5. The Morgan fingerprint density at radius 2 is 1.77 bits per heavy atom. The van der Waals surface area contributed by atoms with Gasteiger partial charge in [0, 0.05) is 6.07 Å². The van der Waals surface area contributed by atoms with E-state index in [4.69, 9.17) is 14.2 Å². The molecule has 0 fully saturated rings. The third-order valence-corrected chi connectivity index (χ3v) is 3.98. The minimum atomic E-state index is -0.550. The van der Waals surface area contributed by atoms with Crippen LogP contribution in [0.2, 0.25) is 0 Å². The molecule has 0 heterocycles. The van der Waals surface area contributed by atoms with Crippen molar-refractivity contribution in [2.24, 2.45) is 0 Å². The fourth-order valence-corrected chi connectivity index (χ4v) is 2.44. The number of hydrogen-bond acceptors (Lipinski definition) is 4. The lowest BCUT2D eigenvalue weighted by molar-refractivity contribution is -0.128. The van der Waals surface area contributed by atoms with Crippen LogP contribution in [-0.2, 0) is 11.2 Å². The number of rotatable bonds is 10. The zero-order valence-corrected chi connectivity index (χ0v) is 15.7. The number of amides is 1. The van der Waals surface area contributed by atoms with Crippen LogP contribution >= 0.6 is 0 Å². The van der Waals surface area contributed by atoms with Gasteiger partial charge in [0.25, 0.3) is 5.91 Å². The lowest BCUT2D eigenvalue weighted by Gasteiger charge is -2.17. The molecule has 0 unspecified atom stereocenters. The summed E-state index contributed by atoms with van der Waals surface area (Å²) in [5.41, 5.74) is 1.27. The molecule has 0 aromatic heterocycles. The first-order valence-corrected chi connectivity index (χ1v) is 8.96. The van der Waals surface area contributed by atoms with E-state index in [9.17, 15) is 4.79 Å². The van der Waals surface area contributed by atoms with E-state index >= 15 is 0 Å². The van der Waals surface area contributed by atoms with Crippen LogP contribution in [0, 0.1) is 0 Å². The summed E-state index contributed by atoms with van der Waals surface area (Å²) in [5.74, 6) is 1.95. The van der Waals surface area contributed by atoms with Gasteiger partial charge in [-0.1, -0.05) is 32.0 Å². The number of hydrogen-bond donors (Lipinski definition) is 1. The van der Waals surface area contributed by atoms with Crippen molar-refractivity contribution in [3.05, 3.63) is 54.1 Å². The molecule has 26 heavy (non-hydrogen) atoms. The molecule has 5 nitrogen and oxygen atoms in total. The average Bonchev–Trinajstić information content (AvgIpc) is 2.69. The predicted molar refractivity (Wildman–Crippen MR) is 102 cm³/mol. The van der Waals surface area contributed by atoms with Gasteiger partial charge in [0.15, 0.2) is 6.10 Å². The Kier molecular flexibility index (Phi) is 7.80. The number of nitrogens with one attached hydrogen (secondary N) is 1. The van der Waals surface area contributed by atoms with Crippen molar-refractivity contribution in [2.45, 2.75) is 32.8 Å². The molecule has 0 saturated heterocycles. The summed E-state index contributed by atoms with van der Waals surface area (Å²) in [6.07, 6.45) is 1.02. The lowest BCUT2D eigenvalue weighted by Crippen LogP contribution is -2.39. The van der Waals surface area contributed by atoms with Crippen molar-refractivity contribution in [3.63, 3.8) is 0 Å². The molecule has 1 atom stereocenters. The second kappa shape index (κ2) is 10.3.